The van der Waals surface area contributed by atoms with E-state index in [1.807, 2.05) is 0 Å². The highest BCUT2D eigenvalue weighted by Crippen LogP contribution is 2.10. The minimum Gasteiger partial charge on any atom is -0.383 e. The summed E-state index contributed by atoms with van der Waals surface area (Å²) < 4.78 is 10.4. The van der Waals surface area contributed by atoms with E-state index in [1.54, 1.807) is 14.2 Å². The van der Waals surface area contributed by atoms with E-state index in [4.69, 9.17) is 9.47 Å². The normalized spacial score (nSPS) is 13.6. The van der Waals surface area contributed by atoms with Gasteiger partial charge in [0, 0.05) is 39.9 Å². The number of likely N-dealkylation sites (N-methyl/N-ethyl adjacent to an activating group) is 1. The fourth-order valence-corrected chi connectivity index (χ4v) is 1.94. The van der Waals surface area contributed by atoms with E-state index in [0.29, 0.717) is 12.0 Å². The van der Waals surface area contributed by atoms with Gasteiger partial charge in [-0.05, 0) is 12.5 Å². The van der Waals surface area contributed by atoms with Crippen LogP contribution >= 0.6 is 0 Å². The minimum absolute atomic E-state index is 0.542. The summed E-state index contributed by atoms with van der Waals surface area (Å²) in [6, 6.07) is 0.542. The first-order valence-electron chi connectivity index (χ1n) is 6.59. The monoisotopic (exact) mass is 246 g/mol. The Morgan fingerprint density at radius 3 is 1.94 bits per heavy atom. The van der Waals surface area contributed by atoms with E-state index in [1.165, 1.54) is 0 Å². The van der Waals surface area contributed by atoms with Gasteiger partial charge in [0.2, 0.25) is 0 Å². The second kappa shape index (κ2) is 11.0. The van der Waals surface area contributed by atoms with Crippen LogP contribution in [-0.2, 0) is 9.47 Å². The second-order valence-electron chi connectivity index (χ2n) is 4.64. The van der Waals surface area contributed by atoms with Gasteiger partial charge in [0.05, 0.1) is 13.2 Å². The number of nitrogens with zero attached hydrogens (tertiary/aromatic N) is 1. The van der Waals surface area contributed by atoms with Crippen LogP contribution in [-0.4, -0.2) is 64.6 Å². The topological polar surface area (TPSA) is 33.7 Å². The van der Waals surface area contributed by atoms with Crippen LogP contribution in [0, 0.1) is 5.92 Å². The molecule has 0 radical (unpaired) electrons. The molecule has 0 saturated heterocycles. The fraction of sp³-hybridized carbons (Fsp3) is 1.00. The van der Waals surface area contributed by atoms with E-state index in [-0.39, 0.29) is 0 Å². The maximum absolute atomic E-state index is 5.18. The van der Waals surface area contributed by atoms with Crippen molar-refractivity contribution in [2.24, 2.45) is 5.92 Å². The molecule has 4 heteroatoms. The molecule has 4 nitrogen and oxygen atoms in total. The molecule has 0 aliphatic heterocycles. The largest absolute Gasteiger partial charge is 0.383 e. The first-order valence-corrected chi connectivity index (χ1v) is 6.59. The van der Waals surface area contributed by atoms with Gasteiger partial charge in [0.15, 0.2) is 0 Å². The Morgan fingerprint density at radius 1 is 1.06 bits per heavy atom. The Kier molecular flexibility index (Phi) is 10.9. The lowest BCUT2D eigenvalue weighted by molar-refractivity contribution is 0.0715. The highest BCUT2D eigenvalue weighted by molar-refractivity contribution is 4.77. The molecule has 0 heterocycles. The van der Waals surface area contributed by atoms with Crippen LogP contribution in [0.25, 0.3) is 0 Å². The summed E-state index contributed by atoms with van der Waals surface area (Å²) in [4.78, 5) is 2.46. The number of hydrogen-bond acceptors (Lipinski definition) is 4. The van der Waals surface area contributed by atoms with Gasteiger partial charge in [-0.25, -0.2) is 0 Å². The van der Waals surface area contributed by atoms with Gasteiger partial charge in [-0.15, -0.1) is 0 Å². The molecule has 0 rings (SSSR count). The summed E-state index contributed by atoms with van der Waals surface area (Å²) in [6.07, 6.45) is 0. The third kappa shape index (κ3) is 7.71. The zero-order valence-electron chi connectivity index (χ0n) is 12.2. The molecular formula is C13H30N2O2. The quantitative estimate of drug-likeness (QED) is 0.594. The Bertz CT molecular complexity index is 157. The summed E-state index contributed by atoms with van der Waals surface area (Å²) in [5, 5.41) is 3.44. The molecule has 1 unspecified atom stereocenters. The SMILES string of the molecule is CCNCC(C(C)C)N(CCOC)CCOC. The first-order chi connectivity index (χ1) is 8.17. The molecule has 1 N–H and O–H groups in total. The fourth-order valence-electron chi connectivity index (χ4n) is 1.94. The number of methoxy groups -OCH3 is 2. The van der Waals surface area contributed by atoms with Crippen LogP contribution < -0.4 is 5.32 Å². The predicted molar refractivity (Wildman–Crippen MR) is 72.5 cm³/mol. The Morgan fingerprint density at radius 2 is 1.59 bits per heavy atom. The summed E-state index contributed by atoms with van der Waals surface area (Å²) in [7, 11) is 3.51. The Hall–Kier alpha value is -0.160. The molecule has 1 atom stereocenters. The lowest BCUT2D eigenvalue weighted by Crippen LogP contribution is -2.48. The molecule has 0 spiro atoms. The van der Waals surface area contributed by atoms with Crippen molar-refractivity contribution in [1.82, 2.24) is 10.2 Å². The van der Waals surface area contributed by atoms with Crippen molar-refractivity contribution in [1.29, 1.82) is 0 Å². The number of rotatable bonds is 11. The van der Waals surface area contributed by atoms with Gasteiger partial charge in [-0.2, -0.15) is 0 Å². The van der Waals surface area contributed by atoms with E-state index >= 15 is 0 Å². The van der Waals surface area contributed by atoms with Gasteiger partial charge >= 0.3 is 0 Å². The minimum atomic E-state index is 0.542. The van der Waals surface area contributed by atoms with Crippen molar-refractivity contribution >= 4 is 0 Å². The van der Waals surface area contributed by atoms with Crippen molar-refractivity contribution in [2.75, 3.05) is 53.6 Å². The van der Waals surface area contributed by atoms with Gasteiger partial charge in [0.25, 0.3) is 0 Å². The molecule has 0 aliphatic rings. The Labute approximate surface area is 107 Å². The molecule has 0 aromatic heterocycles. The molecule has 0 amide bonds. The molecule has 0 saturated carbocycles. The third-order valence-electron chi connectivity index (χ3n) is 3.01. The third-order valence-corrected chi connectivity index (χ3v) is 3.01. The number of nitrogens with one attached hydrogen (secondary N) is 1. The molecular weight excluding hydrogens is 216 g/mol. The van der Waals surface area contributed by atoms with E-state index in [9.17, 15) is 0 Å². The highest BCUT2D eigenvalue weighted by atomic mass is 16.5. The molecule has 0 bridgehead atoms. The molecule has 104 valence electrons. The van der Waals surface area contributed by atoms with Crippen molar-refractivity contribution in [3.8, 4) is 0 Å². The van der Waals surface area contributed by atoms with Crippen LogP contribution in [0.3, 0.4) is 0 Å². The van der Waals surface area contributed by atoms with Crippen LogP contribution in [0.5, 0.6) is 0 Å². The first kappa shape index (κ1) is 16.8. The average Bonchev–Trinajstić information content (AvgIpc) is 2.31. The maximum Gasteiger partial charge on any atom is 0.0589 e. The summed E-state index contributed by atoms with van der Waals surface area (Å²) in [5.41, 5.74) is 0. The maximum atomic E-state index is 5.18. The van der Waals surface area contributed by atoms with Crippen LogP contribution in [0.1, 0.15) is 20.8 Å². The molecule has 0 aliphatic carbocycles. The number of ether oxygens (including phenoxy) is 2. The van der Waals surface area contributed by atoms with Crippen molar-refractivity contribution in [3.05, 3.63) is 0 Å². The van der Waals surface area contributed by atoms with Crippen LogP contribution in [0.2, 0.25) is 0 Å². The summed E-state index contributed by atoms with van der Waals surface area (Å²) >= 11 is 0. The van der Waals surface area contributed by atoms with E-state index in [0.717, 1.165) is 39.4 Å². The molecule has 17 heavy (non-hydrogen) atoms. The van der Waals surface area contributed by atoms with Crippen molar-refractivity contribution < 1.29 is 9.47 Å². The zero-order valence-corrected chi connectivity index (χ0v) is 12.2. The summed E-state index contributed by atoms with van der Waals surface area (Å²) in [6.45, 7) is 12.2. The zero-order chi connectivity index (χ0) is 13.1. The number of hydrogen-bond donors (Lipinski definition) is 1. The lowest BCUT2D eigenvalue weighted by atomic mass is 10.0. The van der Waals surface area contributed by atoms with Gasteiger partial charge < -0.3 is 14.8 Å². The van der Waals surface area contributed by atoms with Crippen molar-refractivity contribution in [2.45, 2.75) is 26.8 Å². The molecule has 0 fully saturated rings. The standard InChI is InChI=1S/C13H30N2O2/c1-6-14-11-13(12(2)3)15(7-9-16-4)8-10-17-5/h12-14H,6-11H2,1-5H3. The molecule has 0 aromatic carbocycles. The second-order valence-corrected chi connectivity index (χ2v) is 4.64. The summed E-state index contributed by atoms with van der Waals surface area (Å²) in [5.74, 6) is 0.628. The van der Waals surface area contributed by atoms with E-state index < -0.39 is 0 Å². The van der Waals surface area contributed by atoms with Gasteiger partial charge in [-0.3, -0.25) is 4.90 Å². The predicted octanol–water partition coefficient (Wildman–Crippen LogP) is 1.22. The van der Waals surface area contributed by atoms with Gasteiger partial charge in [0.1, 0.15) is 0 Å². The van der Waals surface area contributed by atoms with Crippen LogP contribution in [0.4, 0.5) is 0 Å². The highest BCUT2D eigenvalue weighted by Gasteiger charge is 2.20. The smallest absolute Gasteiger partial charge is 0.0589 e. The average molecular weight is 246 g/mol. The van der Waals surface area contributed by atoms with E-state index in [2.05, 4.69) is 31.0 Å². The van der Waals surface area contributed by atoms with Crippen molar-refractivity contribution in [3.63, 3.8) is 0 Å². The van der Waals surface area contributed by atoms with Gasteiger partial charge in [-0.1, -0.05) is 20.8 Å². The Balaban J connectivity index is 4.32. The molecule has 0 aromatic rings. The lowest BCUT2D eigenvalue weighted by Gasteiger charge is -2.34. The van der Waals surface area contributed by atoms with Crippen LogP contribution in [0.15, 0.2) is 0 Å².